The van der Waals surface area contributed by atoms with E-state index in [4.69, 9.17) is 9.47 Å². The third-order valence-electron chi connectivity index (χ3n) is 3.90. The second kappa shape index (κ2) is 6.36. The molecule has 0 unspecified atom stereocenters. The molecule has 1 saturated heterocycles. The minimum Gasteiger partial charge on any atom is -0.469 e. The molecule has 1 saturated carbocycles. The molecule has 0 aromatic rings. The molecule has 2 fully saturated rings. The molecule has 0 radical (unpaired) electrons. The summed E-state index contributed by atoms with van der Waals surface area (Å²) >= 11 is 0. The first-order valence-corrected chi connectivity index (χ1v) is 6.71. The Morgan fingerprint density at radius 2 is 1.82 bits per heavy atom. The van der Waals surface area contributed by atoms with Gasteiger partial charge >= 0.3 is 5.97 Å². The quantitative estimate of drug-likeness (QED) is 0.703. The Balaban J connectivity index is 1.63. The van der Waals surface area contributed by atoms with E-state index in [2.05, 4.69) is 4.90 Å². The maximum absolute atomic E-state index is 11.4. The van der Waals surface area contributed by atoms with Crippen LogP contribution < -0.4 is 0 Å². The summed E-state index contributed by atoms with van der Waals surface area (Å²) in [6, 6.07) is 0. The van der Waals surface area contributed by atoms with E-state index in [0.29, 0.717) is 6.10 Å². The highest BCUT2D eigenvalue weighted by Gasteiger charge is 2.27. The van der Waals surface area contributed by atoms with E-state index in [-0.39, 0.29) is 11.9 Å². The first-order valence-electron chi connectivity index (χ1n) is 6.71. The van der Waals surface area contributed by atoms with Crippen LogP contribution in [0.4, 0.5) is 0 Å². The lowest BCUT2D eigenvalue weighted by Gasteiger charge is -2.28. The van der Waals surface area contributed by atoms with Crippen LogP contribution in [0.5, 0.6) is 0 Å². The molecule has 0 N–H and O–H groups in total. The van der Waals surface area contributed by atoms with Gasteiger partial charge in [0.25, 0.3) is 0 Å². The van der Waals surface area contributed by atoms with Crippen LogP contribution in [0.1, 0.15) is 38.5 Å². The standard InChI is InChI=1S/C13H23NO3/c1-16-13(15)11-4-6-12(7-5-11)17-10-14-8-2-3-9-14/h11-12H,2-10H2,1H3. The van der Waals surface area contributed by atoms with Crippen LogP contribution in [0.2, 0.25) is 0 Å². The van der Waals surface area contributed by atoms with E-state index in [1.54, 1.807) is 0 Å². The molecule has 0 spiro atoms. The summed E-state index contributed by atoms with van der Waals surface area (Å²) in [7, 11) is 1.47. The third kappa shape index (κ3) is 3.68. The molecule has 98 valence electrons. The number of hydrogen-bond acceptors (Lipinski definition) is 4. The van der Waals surface area contributed by atoms with Gasteiger partial charge in [0.15, 0.2) is 0 Å². The van der Waals surface area contributed by atoms with Crippen molar-refractivity contribution >= 4 is 5.97 Å². The summed E-state index contributed by atoms with van der Waals surface area (Å²) in [5, 5.41) is 0. The summed E-state index contributed by atoms with van der Waals surface area (Å²) in [4.78, 5) is 13.7. The van der Waals surface area contributed by atoms with Crippen LogP contribution in [0.3, 0.4) is 0 Å². The van der Waals surface area contributed by atoms with Crippen molar-refractivity contribution in [2.45, 2.75) is 44.6 Å². The average Bonchev–Trinajstić information content (AvgIpc) is 2.89. The zero-order chi connectivity index (χ0) is 12.1. The summed E-state index contributed by atoms with van der Waals surface area (Å²) in [6.45, 7) is 3.13. The van der Waals surface area contributed by atoms with E-state index in [1.165, 1.54) is 33.0 Å². The molecule has 2 rings (SSSR count). The van der Waals surface area contributed by atoms with Gasteiger partial charge < -0.3 is 9.47 Å². The number of nitrogens with zero attached hydrogens (tertiary/aromatic N) is 1. The predicted octanol–water partition coefficient (Wildman–Crippen LogP) is 1.79. The van der Waals surface area contributed by atoms with E-state index in [1.807, 2.05) is 0 Å². The number of likely N-dealkylation sites (tertiary alicyclic amines) is 1. The molecule has 0 bridgehead atoms. The SMILES string of the molecule is COC(=O)C1CCC(OCN2CCCC2)CC1. The Morgan fingerprint density at radius 1 is 1.18 bits per heavy atom. The van der Waals surface area contributed by atoms with Crippen LogP contribution in [0, 0.1) is 5.92 Å². The molecule has 1 aliphatic carbocycles. The van der Waals surface area contributed by atoms with Crippen LogP contribution in [0.15, 0.2) is 0 Å². The molecule has 2 aliphatic rings. The summed E-state index contributed by atoms with van der Waals surface area (Å²) in [6.07, 6.45) is 6.77. The minimum absolute atomic E-state index is 0.0528. The maximum Gasteiger partial charge on any atom is 0.308 e. The summed E-state index contributed by atoms with van der Waals surface area (Å²) in [5.41, 5.74) is 0. The number of carbonyl (C=O) groups excluding carboxylic acids is 1. The summed E-state index contributed by atoms with van der Waals surface area (Å²) < 4.78 is 10.7. The van der Waals surface area contributed by atoms with Gasteiger partial charge in [0.2, 0.25) is 0 Å². The fourth-order valence-electron chi connectivity index (χ4n) is 2.75. The van der Waals surface area contributed by atoms with Crippen molar-refractivity contribution in [1.82, 2.24) is 4.90 Å². The van der Waals surface area contributed by atoms with E-state index < -0.39 is 0 Å². The monoisotopic (exact) mass is 241 g/mol. The van der Waals surface area contributed by atoms with Crippen molar-refractivity contribution in [2.24, 2.45) is 5.92 Å². The Labute approximate surface area is 103 Å². The zero-order valence-corrected chi connectivity index (χ0v) is 10.7. The first kappa shape index (κ1) is 12.8. The van der Waals surface area contributed by atoms with Crippen molar-refractivity contribution < 1.29 is 14.3 Å². The lowest BCUT2D eigenvalue weighted by Crippen LogP contribution is -2.31. The normalized spacial score (nSPS) is 30.4. The average molecular weight is 241 g/mol. The fourth-order valence-corrected chi connectivity index (χ4v) is 2.75. The van der Waals surface area contributed by atoms with Gasteiger partial charge in [0, 0.05) is 13.1 Å². The molecule has 17 heavy (non-hydrogen) atoms. The van der Waals surface area contributed by atoms with E-state index in [9.17, 15) is 4.79 Å². The van der Waals surface area contributed by atoms with Gasteiger partial charge in [-0.3, -0.25) is 9.69 Å². The molecule has 0 amide bonds. The Bertz CT molecular complexity index is 243. The first-order chi connectivity index (χ1) is 8.29. The molecule has 1 aliphatic heterocycles. The van der Waals surface area contributed by atoms with Crippen LogP contribution in [0.25, 0.3) is 0 Å². The van der Waals surface area contributed by atoms with Crippen LogP contribution in [-0.2, 0) is 14.3 Å². The van der Waals surface area contributed by atoms with Crippen LogP contribution in [-0.4, -0.2) is 43.9 Å². The Hall–Kier alpha value is -0.610. The largest absolute Gasteiger partial charge is 0.469 e. The number of carbonyl (C=O) groups is 1. The number of ether oxygens (including phenoxy) is 2. The number of rotatable bonds is 4. The second-order valence-corrected chi connectivity index (χ2v) is 5.12. The Kier molecular flexibility index (Phi) is 4.80. The maximum atomic E-state index is 11.4. The molecular formula is C13H23NO3. The molecule has 1 heterocycles. The Morgan fingerprint density at radius 3 is 2.41 bits per heavy atom. The summed E-state index contributed by atoms with van der Waals surface area (Å²) in [5.74, 6) is 0.0506. The van der Waals surface area contributed by atoms with Gasteiger partial charge in [-0.25, -0.2) is 0 Å². The van der Waals surface area contributed by atoms with Gasteiger partial charge in [-0.2, -0.15) is 0 Å². The van der Waals surface area contributed by atoms with Gasteiger partial charge in [-0.15, -0.1) is 0 Å². The molecule has 4 nitrogen and oxygen atoms in total. The van der Waals surface area contributed by atoms with Crippen molar-refractivity contribution in [1.29, 1.82) is 0 Å². The molecule has 4 heteroatoms. The smallest absolute Gasteiger partial charge is 0.308 e. The lowest BCUT2D eigenvalue weighted by atomic mass is 9.87. The second-order valence-electron chi connectivity index (χ2n) is 5.12. The van der Waals surface area contributed by atoms with Crippen molar-refractivity contribution in [3.8, 4) is 0 Å². The van der Waals surface area contributed by atoms with E-state index in [0.717, 1.165) is 32.4 Å². The van der Waals surface area contributed by atoms with Crippen molar-refractivity contribution in [3.63, 3.8) is 0 Å². The molecule has 0 aromatic carbocycles. The van der Waals surface area contributed by atoms with Crippen molar-refractivity contribution in [3.05, 3.63) is 0 Å². The molecule has 0 atom stereocenters. The lowest BCUT2D eigenvalue weighted by molar-refractivity contribution is -0.147. The fraction of sp³-hybridized carbons (Fsp3) is 0.923. The number of esters is 1. The van der Waals surface area contributed by atoms with Gasteiger partial charge in [-0.1, -0.05) is 0 Å². The van der Waals surface area contributed by atoms with Crippen LogP contribution >= 0.6 is 0 Å². The highest BCUT2D eigenvalue weighted by molar-refractivity contribution is 5.72. The third-order valence-corrected chi connectivity index (χ3v) is 3.90. The van der Waals surface area contributed by atoms with Gasteiger partial charge in [-0.05, 0) is 38.5 Å². The highest BCUT2D eigenvalue weighted by Crippen LogP contribution is 2.27. The minimum atomic E-state index is -0.0528. The molecular weight excluding hydrogens is 218 g/mol. The van der Waals surface area contributed by atoms with Crippen molar-refractivity contribution in [2.75, 3.05) is 26.9 Å². The van der Waals surface area contributed by atoms with E-state index >= 15 is 0 Å². The molecule has 0 aromatic heterocycles. The number of methoxy groups -OCH3 is 1. The highest BCUT2D eigenvalue weighted by atomic mass is 16.5. The van der Waals surface area contributed by atoms with Gasteiger partial charge in [0.1, 0.15) is 0 Å². The predicted molar refractivity (Wildman–Crippen MR) is 64.5 cm³/mol. The topological polar surface area (TPSA) is 38.8 Å². The number of hydrogen-bond donors (Lipinski definition) is 0. The van der Waals surface area contributed by atoms with Gasteiger partial charge in [0.05, 0.1) is 25.9 Å². The zero-order valence-electron chi connectivity index (χ0n) is 10.7.